The summed E-state index contributed by atoms with van der Waals surface area (Å²) in [6, 6.07) is 13.1. The molecule has 0 radical (unpaired) electrons. The van der Waals surface area contributed by atoms with Crippen molar-refractivity contribution in [1.82, 2.24) is 10.8 Å². The van der Waals surface area contributed by atoms with Crippen molar-refractivity contribution in [3.05, 3.63) is 48.5 Å². The number of benzene rings is 2. The Morgan fingerprint density at radius 2 is 1.69 bits per heavy atom. The summed E-state index contributed by atoms with van der Waals surface area (Å²) < 4.78 is 36.7. The van der Waals surface area contributed by atoms with Gasteiger partial charge in [-0.2, -0.15) is 0 Å². The molecule has 1 atom stereocenters. The molecule has 1 amide bonds. The Morgan fingerprint density at radius 1 is 1.00 bits per heavy atom. The summed E-state index contributed by atoms with van der Waals surface area (Å²) in [6.07, 6.45) is 2.66. The second-order valence-electron chi connectivity index (χ2n) is 8.62. The minimum atomic E-state index is -4.06. The van der Waals surface area contributed by atoms with Crippen molar-refractivity contribution in [2.75, 3.05) is 20.2 Å². The fourth-order valence-electron chi connectivity index (χ4n) is 4.99. The molecule has 0 aromatic heterocycles. The van der Waals surface area contributed by atoms with E-state index < -0.39 is 20.5 Å². The van der Waals surface area contributed by atoms with Crippen molar-refractivity contribution >= 4 is 15.7 Å². The highest BCUT2D eigenvalue weighted by Crippen LogP contribution is 2.54. The van der Waals surface area contributed by atoms with Crippen LogP contribution in [0.1, 0.15) is 32.1 Å². The van der Waals surface area contributed by atoms with Crippen molar-refractivity contribution in [3.63, 3.8) is 0 Å². The third-order valence-corrected chi connectivity index (χ3v) is 9.28. The summed E-state index contributed by atoms with van der Waals surface area (Å²) >= 11 is 0. The van der Waals surface area contributed by atoms with Gasteiger partial charge in [0, 0.05) is 6.07 Å². The fourth-order valence-corrected chi connectivity index (χ4v) is 7.10. The number of amides is 1. The SMILES string of the molecule is COc1cccc(Oc2ccc(S(=O)(=O)C3(C(=O)NO)CCC4(CCNCC4)C3)cc2)c1. The standard InChI is InChI=1S/C23H28N2O6S/c1-30-18-3-2-4-19(15-18)31-17-5-7-20(8-6-17)32(28,29)23(21(26)25-27)10-9-22(16-23)11-13-24-14-12-22/h2-8,15,24,27H,9-14,16H2,1H3,(H,25,26). The monoisotopic (exact) mass is 460 g/mol. The predicted octanol–water partition coefficient (Wildman–Crippen LogP) is 3.06. The summed E-state index contributed by atoms with van der Waals surface area (Å²) in [7, 11) is -2.49. The van der Waals surface area contributed by atoms with Gasteiger partial charge in [-0.3, -0.25) is 10.0 Å². The highest BCUT2D eigenvalue weighted by atomic mass is 32.2. The van der Waals surface area contributed by atoms with Gasteiger partial charge in [0.15, 0.2) is 14.6 Å². The largest absolute Gasteiger partial charge is 0.497 e. The molecule has 4 rings (SSSR count). The van der Waals surface area contributed by atoms with E-state index in [2.05, 4.69) is 5.32 Å². The lowest BCUT2D eigenvalue weighted by Crippen LogP contribution is -2.51. The number of nitrogens with one attached hydrogen (secondary N) is 2. The Labute approximate surface area is 187 Å². The van der Waals surface area contributed by atoms with Gasteiger partial charge in [-0.25, -0.2) is 13.9 Å². The number of methoxy groups -OCH3 is 1. The predicted molar refractivity (Wildman–Crippen MR) is 118 cm³/mol. The molecule has 172 valence electrons. The molecule has 2 aromatic carbocycles. The van der Waals surface area contributed by atoms with Crippen molar-refractivity contribution in [2.45, 2.75) is 41.7 Å². The van der Waals surface area contributed by atoms with Crippen LogP contribution in [0.5, 0.6) is 17.2 Å². The van der Waals surface area contributed by atoms with Crippen molar-refractivity contribution in [3.8, 4) is 17.2 Å². The van der Waals surface area contributed by atoms with E-state index in [9.17, 15) is 18.4 Å². The van der Waals surface area contributed by atoms with Gasteiger partial charge < -0.3 is 14.8 Å². The molecule has 1 aliphatic carbocycles. The molecule has 1 spiro atoms. The minimum Gasteiger partial charge on any atom is -0.497 e. The molecular weight excluding hydrogens is 432 g/mol. The molecule has 1 unspecified atom stereocenters. The van der Waals surface area contributed by atoms with Crippen LogP contribution in [0.25, 0.3) is 0 Å². The second-order valence-corrected chi connectivity index (χ2v) is 10.9. The van der Waals surface area contributed by atoms with Gasteiger partial charge in [-0.05, 0) is 87.0 Å². The normalized spacial score (nSPS) is 22.4. The van der Waals surface area contributed by atoms with Crippen molar-refractivity contribution < 1.29 is 27.9 Å². The molecule has 2 aliphatic rings. The smallest absolute Gasteiger partial charge is 0.265 e. The fraction of sp³-hybridized carbons (Fsp3) is 0.435. The molecule has 1 saturated heterocycles. The Hall–Kier alpha value is -2.62. The quantitative estimate of drug-likeness (QED) is 0.448. The van der Waals surface area contributed by atoms with Crippen LogP contribution in [0, 0.1) is 5.41 Å². The molecule has 1 heterocycles. The summed E-state index contributed by atoms with van der Waals surface area (Å²) in [5.41, 5.74) is 1.42. The number of piperidine rings is 1. The zero-order valence-electron chi connectivity index (χ0n) is 18.0. The Bertz CT molecular complexity index is 1080. The number of hydrogen-bond donors (Lipinski definition) is 3. The van der Waals surface area contributed by atoms with E-state index in [0.29, 0.717) is 23.7 Å². The van der Waals surface area contributed by atoms with Gasteiger partial charge in [-0.15, -0.1) is 0 Å². The number of carbonyl (C=O) groups is 1. The molecule has 1 saturated carbocycles. The van der Waals surface area contributed by atoms with Crippen LogP contribution in [-0.2, 0) is 14.6 Å². The molecule has 2 aromatic rings. The Balaban J connectivity index is 1.61. The zero-order chi connectivity index (χ0) is 22.8. The van der Waals surface area contributed by atoms with Crippen LogP contribution in [-0.4, -0.2) is 44.5 Å². The summed E-state index contributed by atoms with van der Waals surface area (Å²) in [5, 5.41) is 12.7. The molecule has 8 nitrogen and oxygen atoms in total. The van der Waals surface area contributed by atoms with E-state index in [1.165, 1.54) is 12.1 Å². The first-order valence-electron chi connectivity index (χ1n) is 10.7. The van der Waals surface area contributed by atoms with Crippen LogP contribution in [0.15, 0.2) is 53.4 Å². The molecule has 0 bridgehead atoms. The zero-order valence-corrected chi connectivity index (χ0v) is 18.8. The first kappa shape index (κ1) is 22.6. The lowest BCUT2D eigenvalue weighted by atomic mass is 9.77. The molecule has 1 aliphatic heterocycles. The van der Waals surface area contributed by atoms with E-state index in [1.54, 1.807) is 49.0 Å². The summed E-state index contributed by atoms with van der Waals surface area (Å²) in [6.45, 7) is 1.60. The Kier molecular flexibility index (Phi) is 6.15. The van der Waals surface area contributed by atoms with Crippen LogP contribution in [0.4, 0.5) is 0 Å². The molecule has 2 fully saturated rings. The van der Waals surface area contributed by atoms with E-state index in [-0.39, 0.29) is 23.2 Å². The third kappa shape index (κ3) is 3.96. The number of hydroxylamine groups is 1. The number of hydrogen-bond acceptors (Lipinski definition) is 7. The molecular formula is C23H28N2O6S. The van der Waals surface area contributed by atoms with E-state index >= 15 is 0 Å². The molecule has 32 heavy (non-hydrogen) atoms. The first-order chi connectivity index (χ1) is 15.3. The van der Waals surface area contributed by atoms with Gasteiger partial charge >= 0.3 is 0 Å². The highest BCUT2D eigenvalue weighted by Gasteiger charge is 2.60. The van der Waals surface area contributed by atoms with Gasteiger partial charge in [0.2, 0.25) is 0 Å². The summed E-state index contributed by atoms with van der Waals surface area (Å²) in [5.74, 6) is 0.801. The number of carbonyl (C=O) groups excluding carboxylic acids is 1. The van der Waals surface area contributed by atoms with Crippen LogP contribution in [0.3, 0.4) is 0 Å². The van der Waals surface area contributed by atoms with Crippen molar-refractivity contribution in [2.24, 2.45) is 5.41 Å². The average Bonchev–Trinajstić information content (AvgIpc) is 3.20. The average molecular weight is 461 g/mol. The molecule has 3 N–H and O–H groups in total. The molecule has 9 heteroatoms. The maximum absolute atomic E-state index is 13.7. The first-order valence-corrected chi connectivity index (χ1v) is 12.1. The van der Waals surface area contributed by atoms with E-state index in [0.717, 1.165) is 25.9 Å². The van der Waals surface area contributed by atoms with Crippen molar-refractivity contribution in [1.29, 1.82) is 0 Å². The van der Waals surface area contributed by atoms with E-state index in [4.69, 9.17) is 9.47 Å². The lowest BCUT2D eigenvalue weighted by Gasteiger charge is -2.36. The summed E-state index contributed by atoms with van der Waals surface area (Å²) in [4.78, 5) is 12.8. The maximum atomic E-state index is 13.7. The third-order valence-electron chi connectivity index (χ3n) is 6.82. The van der Waals surface area contributed by atoms with Crippen LogP contribution < -0.4 is 20.3 Å². The maximum Gasteiger partial charge on any atom is 0.265 e. The van der Waals surface area contributed by atoms with Crippen LogP contribution >= 0.6 is 0 Å². The highest BCUT2D eigenvalue weighted by molar-refractivity contribution is 7.93. The van der Waals surface area contributed by atoms with Gasteiger partial charge in [0.05, 0.1) is 12.0 Å². The number of rotatable bonds is 6. The minimum absolute atomic E-state index is 0.0325. The number of ether oxygens (including phenoxy) is 2. The van der Waals surface area contributed by atoms with Gasteiger partial charge in [0.1, 0.15) is 17.2 Å². The Morgan fingerprint density at radius 3 is 2.34 bits per heavy atom. The lowest BCUT2D eigenvalue weighted by molar-refractivity contribution is -0.132. The topological polar surface area (TPSA) is 114 Å². The van der Waals surface area contributed by atoms with E-state index in [1.807, 2.05) is 0 Å². The van der Waals surface area contributed by atoms with Crippen LogP contribution in [0.2, 0.25) is 0 Å². The van der Waals surface area contributed by atoms with Gasteiger partial charge in [0.25, 0.3) is 5.91 Å². The number of sulfone groups is 1. The van der Waals surface area contributed by atoms with Gasteiger partial charge in [-0.1, -0.05) is 6.07 Å². The second kappa shape index (κ2) is 8.73.